The van der Waals surface area contributed by atoms with Gasteiger partial charge in [0.05, 0.1) is 12.7 Å². The molecule has 0 aliphatic carbocycles. The van der Waals surface area contributed by atoms with Crippen LogP contribution in [0.2, 0.25) is 0 Å². The molecule has 1 heteroatoms. The quantitative estimate of drug-likeness (QED) is 0.505. The van der Waals surface area contributed by atoms with Crippen molar-refractivity contribution in [3.05, 3.63) is 23.3 Å². The maximum absolute atomic E-state index is 5.46. The van der Waals surface area contributed by atoms with Crippen molar-refractivity contribution in [1.29, 1.82) is 0 Å². The van der Waals surface area contributed by atoms with Crippen LogP contribution >= 0.6 is 0 Å². The summed E-state index contributed by atoms with van der Waals surface area (Å²) in [6.45, 7) is 7.05. The van der Waals surface area contributed by atoms with Crippen molar-refractivity contribution in [2.45, 2.75) is 26.9 Å². The Kier molecular flexibility index (Phi) is 2.28. The van der Waals surface area contributed by atoms with Gasteiger partial charge in [-0.2, -0.15) is 0 Å². The molecule has 0 aromatic rings. The van der Waals surface area contributed by atoms with Gasteiger partial charge in [0.1, 0.15) is 0 Å². The Morgan fingerprint density at radius 2 is 2.50 bits per heavy atom. The minimum atomic E-state index is 0.269. The van der Waals surface area contributed by atoms with Crippen molar-refractivity contribution in [3.8, 4) is 0 Å². The molecule has 0 saturated heterocycles. The monoisotopic (exact) mass is 138 g/mol. The second-order valence-corrected chi connectivity index (χ2v) is 2.69. The molecule has 0 amide bonds. The second kappa shape index (κ2) is 3.02. The molecule has 0 saturated carbocycles. The maximum atomic E-state index is 5.46. The van der Waals surface area contributed by atoms with Crippen molar-refractivity contribution in [2.75, 3.05) is 6.61 Å². The molecule has 1 rings (SSSR count). The Hall–Kier alpha value is -0.560. The molecule has 0 fully saturated rings. The van der Waals surface area contributed by atoms with E-state index >= 15 is 0 Å². The molecule has 0 aromatic heterocycles. The summed E-state index contributed by atoms with van der Waals surface area (Å²) in [6, 6.07) is 0. The van der Waals surface area contributed by atoms with Gasteiger partial charge >= 0.3 is 0 Å². The number of ether oxygens (including phenoxy) is 1. The summed E-state index contributed by atoms with van der Waals surface area (Å²) in [5, 5.41) is 0. The molecule has 0 N–H and O–H groups in total. The Balaban J connectivity index is 2.67. The van der Waals surface area contributed by atoms with Crippen LogP contribution in [0.1, 0.15) is 20.8 Å². The Bertz CT molecular complexity index is 177. The highest BCUT2D eigenvalue weighted by atomic mass is 16.5. The number of hydrogen-bond acceptors (Lipinski definition) is 1. The standard InChI is InChI=1S/C9H14O/c1-4-7(2)9-8(3)5-6-10-9/h4-5,9H,6H2,1-3H3/b7-4-/t9-/m0/s1. The lowest BCUT2D eigenvalue weighted by molar-refractivity contribution is 0.147. The maximum Gasteiger partial charge on any atom is 0.0995 e. The van der Waals surface area contributed by atoms with E-state index in [0.717, 1.165) is 6.61 Å². The molecule has 1 aliphatic rings. The van der Waals surface area contributed by atoms with Crippen molar-refractivity contribution < 1.29 is 4.74 Å². The van der Waals surface area contributed by atoms with Gasteiger partial charge in [-0.05, 0) is 31.9 Å². The van der Waals surface area contributed by atoms with Gasteiger partial charge in [0.25, 0.3) is 0 Å². The average Bonchev–Trinajstić information content (AvgIpc) is 2.34. The fraction of sp³-hybridized carbons (Fsp3) is 0.556. The predicted octanol–water partition coefficient (Wildman–Crippen LogP) is 2.30. The third-order valence-corrected chi connectivity index (χ3v) is 1.95. The molecule has 1 atom stereocenters. The summed E-state index contributed by atoms with van der Waals surface area (Å²) >= 11 is 0. The van der Waals surface area contributed by atoms with E-state index in [1.54, 1.807) is 0 Å². The van der Waals surface area contributed by atoms with Crippen molar-refractivity contribution in [3.63, 3.8) is 0 Å². The van der Waals surface area contributed by atoms with E-state index < -0.39 is 0 Å². The van der Waals surface area contributed by atoms with Gasteiger partial charge in [-0.15, -0.1) is 0 Å². The van der Waals surface area contributed by atoms with Gasteiger partial charge in [0.15, 0.2) is 0 Å². The highest BCUT2D eigenvalue weighted by Gasteiger charge is 2.16. The van der Waals surface area contributed by atoms with Crippen LogP contribution in [-0.4, -0.2) is 12.7 Å². The van der Waals surface area contributed by atoms with Crippen molar-refractivity contribution in [1.82, 2.24) is 0 Å². The van der Waals surface area contributed by atoms with Gasteiger partial charge in [-0.1, -0.05) is 12.2 Å². The van der Waals surface area contributed by atoms with Crippen LogP contribution in [-0.2, 0) is 4.74 Å². The van der Waals surface area contributed by atoms with Crippen LogP contribution in [0.3, 0.4) is 0 Å². The lowest BCUT2D eigenvalue weighted by Gasteiger charge is -2.11. The molecule has 1 aliphatic heterocycles. The largest absolute Gasteiger partial charge is 0.365 e. The van der Waals surface area contributed by atoms with Crippen molar-refractivity contribution in [2.24, 2.45) is 0 Å². The Morgan fingerprint density at radius 1 is 1.80 bits per heavy atom. The van der Waals surface area contributed by atoms with Gasteiger partial charge < -0.3 is 4.74 Å². The molecule has 56 valence electrons. The van der Waals surface area contributed by atoms with Gasteiger partial charge in [-0.25, -0.2) is 0 Å². The molecule has 0 radical (unpaired) electrons. The zero-order chi connectivity index (χ0) is 7.56. The van der Waals surface area contributed by atoms with Gasteiger partial charge in [0, 0.05) is 0 Å². The second-order valence-electron chi connectivity index (χ2n) is 2.69. The first kappa shape index (κ1) is 7.55. The zero-order valence-electron chi connectivity index (χ0n) is 6.85. The Labute approximate surface area is 62.4 Å². The van der Waals surface area contributed by atoms with E-state index in [2.05, 4.69) is 26.0 Å². The number of rotatable bonds is 1. The predicted molar refractivity (Wildman–Crippen MR) is 42.9 cm³/mol. The summed E-state index contributed by atoms with van der Waals surface area (Å²) in [4.78, 5) is 0. The summed E-state index contributed by atoms with van der Waals surface area (Å²) in [5.41, 5.74) is 2.65. The molecule has 10 heavy (non-hydrogen) atoms. The molecule has 0 unspecified atom stereocenters. The van der Waals surface area contributed by atoms with E-state index in [-0.39, 0.29) is 6.10 Å². The first-order valence-electron chi connectivity index (χ1n) is 3.66. The third-order valence-electron chi connectivity index (χ3n) is 1.95. The van der Waals surface area contributed by atoms with Crippen LogP contribution in [0, 0.1) is 0 Å². The normalized spacial score (nSPS) is 26.9. The molecule has 0 spiro atoms. The first-order chi connectivity index (χ1) is 4.75. The molecule has 1 nitrogen and oxygen atoms in total. The van der Waals surface area contributed by atoms with Crippen LogP contribution in [0.15, 0.2) is 23.3 Å². The van der Waals surface area contributed by atoms with Crippen LogP contribution in [0.4, 0.5) is 0 Å². The topological polar surface area (TPSA) is 9.23 Å². The fourth-order valence-electron chi connectivity index (χ4n) is 1.16. The summed E-state index contributed by atoms with van der Waals surface area (Å²) < 4.78 is 5.46. The third kappa shape index (κ3) is 1.29. The molecular weight excluding hydrogens is 124 g/mol. The lowest BCUT2D eigenvalue weighted by Crippen LogP contribution is -2.09. The minimum absolute atomic E-state index is 0.269. The van der Waals surface area contributed by atoms with Crippen LogP contribution < -0.4 is 0 Å². The fourth-order valence-corrected chi connectivity index (χ4v) is 1.16. The smallest absolute Gasteiger partial charge is 0.0995 e. The van der Waals surface area contributed by atoms with Gasteiger partial charge in [0.2, 0.25) is 0 Å². The summed E-state index contributed by atoms with van der Waals surface area (Å²) in [6.07, 6.45) is 4.51. The molecule has 1 heterocycles. The molecule has 0 bridgehead atoms. The summed E-state index contributed by atoms with van der Waals surface area (Å²) in [7, 11) is 0. The minimum Gasteiger partial charge on any atom is -0.365 e. The first-order valence-corrected chi connectivity index (χ1v) is 3.66. The van der Waals surface area contributed by atoms with E-state index in [0.29, 0.717) is 0 Å². The van der Waals surface area contributed by atoms with E-state index in [1.807, 2.05) is 6.92 Å². The van der Waals surface area contributed by atoms with Crippen molar-refractivity contribution >= 4 is 0 Å². The van der Waals surface area contributed by atoms with E-state index in [1.165, 1.54) is 11.1 Å². The highest BCUT2D eigenvalue weighted by Crippen LogP contribution is 2.20. The molecular formula is C9H14O. The molecule has 0 aromatic carbocycles. The summed E-state index contributed by atoms with van der Waals surface area (Å²) in [5.74, 6) is 0. The van der Waals surface area contributed by atoms with Gasteiger partial charge in [-0.3, -0.25) is 0 Å². The SMILES string of the molecule is C/C=C(/C)[C@@H]1OCC=C1C. The lowest BCUT2D eigenvalue weighted by atomic mass is 10.1. The van der Waals surface area contributed by atoms with Crippen LogP contribution in [0.25, 0.3) is 0 Å². The number of allylic oxidation sites excluding steroid dienone is 1. The van der Waals surface area contributed by atoms with Crippen LogP contribution in [0.5, 0.6) is 0 Å². The highest BCUT2D eigenvalue weighted by molar-refractivity contribution is 5.23. The van der Waals surface area contributed by atoms with E-state index in [4.69, 9.17) is 4.74 Å². The zero-order valence-corrected chi connectivity index (χ0v) is 6.85. The Morgan fingerprint density at radius 3 is 2.90 bits per heavy atom. The average molecular weight is 138 g/mol. The van der Waals surface area contributed by atoms with E-state index in [9.17, 15) is 0 Å². The number of hydrogen-bond donors (Lipinski definition) is 0.